The summed E-state index contributed by atoms with van der Waals surface area (Å²) < 4.78 is 24.5. The summed E-state index contributed by atoms with van der Waals surface area (Å²) in [5, 5.41) is 19.9. The Morgan fingerprint density at radius 1 is 1.06 bits per heavy atom. The van der Waals surface area contributed by atoms with Gasteiger partial charge in [-0.1, -0.05) is 50.5 Å². The molecule has 2 aliphatic heterocycles. The van der Waals surface area contributed by atoms with Crippen molar-refractivity contribution >= 4 is 5.97 Å². The third-order valence-corrected chi connectivity index (χ3v) is 7.56. The van der Waals surface area contributed by atoms with Gasteiger partial charge in [-0.2, -0.15) is 0 Å². The van der Waals surface area contributed by atoms with Crippen molar-refractivity contribution in [2.45, 2.75) is 128 Å². The van der Waals surface area contributed by atoms with Crippen LogP contribution in [0.4, 0.5) is 0 Å². The molecule has 0 amide bonds. The fourth-order valence-electron chi connectivity index (χ4n) is 5.49. The zero-order valence-corrected chi connectivity index (χ0v) is 22.1. The van der Waals surface area contributed by atoms with E-state index < -0.39 is 12.1 Å². The van der Waals surface area contributed by atoms with Gasteiger partial charge in [-0.3, -0.25) is 4.79 Å². The molecule has 36 heavy (non-hydrogen) atoms. The molecule has 1 aliphatic carbocycles. The van der Waals surface area contributed by atoms with Crippen LogP contribution in [-0.2, 0) is 23.7 Å². The van der Waals surface area contributed by atoms with Crippen molar-refractivity contribution < 1.29 is 34.0 Å². The van der Waals surface area contributed by atoms with Crippen LogP contribution in [0.3, 0.4) is 0 Å². The van der Waals surface area contributed by atoms with Gasteiger partial charge >= 0.3 is 5.97 Å². The molecule has 0 radical (unpaired) electrons. The smallest absolute Gasteiger partial charge is 0.303 e. The Bertz CT molecular complexity index is 667. The Hall–Kier alpha value is -1.25. The van der Waals surface area contributed by atoms with E-state index in [0.29, 0.717) is 19.3 Å². The number of aliphatic hydroxyl groups excluding tert-OH is 1. The number of aliphatic hydroxyl groups is 1. The van der Waals surface area contributed by atoms with Crippen molar-refractivity contribution in [1.29, 1.82) is 0 Å². The van der Waals surface area contributed by atoms with Crippen LogP contribution >= 0.6 is 0 Å². The average molecular weight is 509 g/mol. The number of carboxylic acid groups (broad SMARTS) is 1. The average Bonchev–Trinajstić information content (AvgIpc) is 3.17. The number of hydrogen-bond donors (Lipinski definition) is 2. The Kier molecular flexibility index (Phi) is 13.5. The summed E-state index contributed by atoms with van der Waals surface area (Å²) in [6.07, 6.45) is 19.9. The first kappa shape index (κ1) is 29.3. The van der Waals surface area contributed by atoms with Crippen LogP contribution in [0.5, 0.6) is 0 Å². The lowest BCUT2D eigenvalue weighted by molar-refractivity contribution is -0.193. The summed E-state index contributed by atoms with van der Waals surface area (Å²) in [5.74, 6) is -0.740. The number of allylic oxidation sites excluding steroid dienone is 2. The predicted octanol–water partition coefficient (Wildman–Crippen LogP) is 5.75. The molecular formula is C29H48O7. The number of carboxylic acids is 1. The summed E-state index contributed by atoms with van der Waals surface area (Å²) in [6.45, 7) is 3.70. The Morgan fingerprint density at radius 2 is 1.81 bits per heavy atom. The molecule has 3 fully saturated rings. The topological polar surface area (TPSA) is 94.5 Å². The number of ether oxygens (including phenoxy) is 4. The van der Waals surface area contributed by atoms with Gasteiger partial charge in [0, 0.05) is 32.0 Å². The summed E-state index contributed by atoms with van der Waals surface area (Å²) in [6, 6.07) is 0. The van der Waals surface area contributed by atoms with Crippen LogP contribution in [-0.4, -0.2) is 60.3 Å². The third kappa shape index (κ3) is 10.3. The van der Waals surface area contributed by atoms with E-state index in [1.807, 2.05) is 12.2 Å². The molecule has 2 saturated heterocycles. The van der Waals surface area contributed by atoms with Crippen LogP contribution < -0.4 is 0 Å². The fourth-order valence-corrected chi connectivity index (χ4v) is 5.49. The van der Waals surface area contributed by atoms with Crippen molar-refractivity contribution in [3.8, 4) is 0 Å². The second kappa shape index (κ2) is 16.6. The molecular weight excluding hydrogens is 460 g/mol. The second-order valence-corrected chi connectivity index (χ2v) is 10.5. The number of unbranched alkanes of at least 4 members (excludes halogenated alkanes) is 2. The van der Waals surface area contributed by atoms with Crippen molar-refractivity contribution in [2.24, 2.45) is 11.8 Å². The van der Waals surface area contributed by atoms with Crippen LogP contribution in [0.1, 0.15) is 96.8 Å². The van der Waals surface area contributed by atoms with E-state index in [1.54, 1.807) is 0 Å². The fraction of sp³-hybridized carbons (Fsp3) is 0.828. The highest BCUT2D eigenvalue weighted by Crippen LogP contribution is 2.39. The van der Waals surface area contributed by atoms with Gasteiger partial charge in [0.25, 0.3) is 0 Å². The number of rotatable bonds is 15. The van der Waals surface area contributed by atoms with Gasteiger partial charge in [-0.25, -0.2) is 0 Å². The predicted molar refractivity (Wildman–Crippen MR) is 138 cm³/mol. The van der Waals surface area contributed by atoms with Gasteiger partial charge in [0.1, 0.15) is 0 Å². The lowest BCUT2D eigenvalue weighted by atomic mass is 9.89. The van der Waals surface area contributed by atoms with E-state index in [4.69, 9.17) is 24.1 Å². The van der Waals surface area contributed by atoms with E-state index in [0.717, 1.165) is 64.6 Å². The van der Waals surface area contributed by atoms with Crippen LogP contribution in [0.15, 0.2) is 24.3 Å². The van der Waals surface area contributed by atoms with Crippen LogP contribution in [0.25, 0.3) is 0 Å². The number of hydrogen-bond acceptors (Lipinski definition) is 6. The number of aliphatic carboxylic acids is 1. The Morgan fingerprint density at radius 3 is 2.47 bits per heavy atom. The maximum Gasteiger partial charge on any atom is 0.303 e. The normalized spacial score (nSPS) is 32.4. The third-order valence-electron chi connectivity index (χ3n) is 7.56. The Labute approximate surface area is 217 Å². The molecule has 2 heterocycles. The van der Waals surface area contributed by atoms with Gasteiger partial charge in [0.05, 0.1) is 18.3 Å². The van der Waals surface area contributed by atoms with E-state index in [9.17, 15) is 9.90 Å². The molecule has 0 bridgehead atoms. The molecule has 3 aliphatic rings. The standard InChI is InChI=1S/C29H48O7/c1-2-3-5-12-22(35-28-15-8-10-19-33-28)17-18-24-23(13-6-4-7-14-27(31)32)25(30)21-26(24)36-29-16-9-11-20-34-29/h4,6,17-18,22-26,28-30H,2-3,5,7-16,19-21H2,1H3,(H,31,32)/b6-4-,18-17+/t22-,23+,24+,25-,26+,28?,29?/m0/s1. The minimum absolute atomic E-state index is 0.0122. The summed E-state index contributed by atoms with van der Waals surface area (Å²) >= 11 is 0. The molecule has 0 aromatic rings. The van der Waals surface area contributed by atoms with Gasteiger partial charge in [-0.05, 0) is 63.7 Å². The summed E-state index contributed by atoms with van der Waals surface area (Å²) in [4.78, 5) is 10.8. The van der Waals surface area contributed by atoms with Gasteiger partial charge in [0.2, 0.25) is 0 Å². The van der Waals surface area contributed by atoms with Crippen molar-refractivity contribution in [3.05, 3.63) is 24.3 Å². The van der Waals surface area contributed by atoms with Gasteiger partial charge in [-0.15, -0.1) is 0 Å². The minimum Gasteiger partial charge on any atom is -0.481 e. The van der Waals surface area contributed by atoms with Crippen LogP contribution in [0, 0.1) is 11.8 Å². The van der Waals surface area contributed by atoms with E-state index in [1.165, 1.54) is 12.8 Å². The molecule has 206 valence electrons. The highest BCUT2D eigenvalue weighted by molar-refractivity contribution is 5.66. The molecule has 0 spiro atoms. The first-order valence-corrected chi connectivity index (χ1v) is 14.3. The van der Waals surface area contributed by atoms with Crippen molar-refractivity contribution in [3.63, 3.8) is 0 Å². The molecule has 0 aromatic heterocycles. The quantitative estimate of drug-likeness (QED) is 0.215. The highest BCUT2D eigenvalue weighted by atomic mass is 16.7. The van der Waals surface area contributed by atoms with Crippen molar-refractivity contribution in [1.82, 2.24) is 0 Å². The number of carbonyl (C=O) groups is 1. The lowest BCUT2D eigenvalue weighted by Crippen LogP contribution is -2.31. The largest absolute Gasteiger partial charge is 0.481 e. The highest BCUT2D eigenvalue weighted by Gasteiger charge is 2.42. The van der Waals surface area contributed by atoms with Crippen LogP contribution in [0.2, 0.25) is 0 Å². The maximum atomic E-state index is 11.0. The Balaban J connectivity index is 1.68. The monoisotopic (exact) mass is 508 g/mol. The van der Waals surface area contributed by atoms with Gasteiger partial charge in [0.15, 0.2) is 12.6 Å². The maximum absolute atomic E-state index is 11.0. The summed E-state index contributed by atoms with van der Waals surface area (Å²) in [7, 11) is 0. The molecule has 1 saturated carbocycles. The minimum atomic E-state index is -0.793. The van der Waals surface area contributed by atoms with Crippen molar-refractivity contribution in [2.75, 3.05) is 13.2 Å². The molecule has 7 heteroatoms. The molecule has 2 unspecified atom stereocenters. The molecule has 7 nitrogen and oxygen atoms in total. The zero-order valence-electron chi connectivity index (χ0n) is 22.1. The first-order chi connectivity index (χ1) is 17.6. The van der Waals surface area contributed by atoms with E-state index in [-0.39, 0.29) is 43.0 Å². The zero-order chi connectivity index (χ0) is 25.6. The van der Waals surface area contributed by atoms with E-state index in [2.05, 4.69) is 19.1 Å². The molecule has 3 rings (SSSR count). The molecule has 2 N–H and O–H groups in total. The molecule has 0 aromatic carbocycles. The molecule has 7 atom stereocenters. The first-order valence-electron chi connectivity index (χ1n) is 14.3. The second-order valence-electron chi connectivity index (χ2n) is 10.5. The van der Waals surface area contributed by atoms with Gasteiger partial charge < -0.3 is 29.2 Å². The van der Waals surface area contributed by atoms with E-state index >= 15 is 0 Å². The summed E-state index contributed by atoms with van der Waals surface area (Å²) in [5.41, 5.74) is 0. The lowest BCUT2D eigenvalue weighted by Gasteiger charge is -2.30. The SMILES string of the molecule is CCCCC[C@@H](/C=C/[C@@H]1[C@@H](C/C=C\CCC(=O)O)[C@@H](O)C[C@H]1OC1CCCCO1)OC1CCCCO1.